The fraction of sp³-hybridized carbons (Fsp3) is 0.429. The zero-order chi connectivity index (χ0) is 21.0. The van der Waals surface area contributed by atoms with Crippen molar-refractivity contribution < 1.29 is 17.9 Å². The highest BCUT2D eigenvalue weighted by molar-refractivity contribution is 7.92. The van der Waals surface area contributed by atoms with Crippen molar-refractivity contribution in [3.63, 3.8) is 0 Å². The van der Waals surface area contributed by atoms with Gasteiger partial charge in [0.05, 0.1) is 16.6 Å². The summed E-state index contributed by atoms with van der Waals surface area (Å²) in [5.41, 5.74) is 0.805. The number of nitrogens with zero attached hydrogens (tertiary/aromatic N) is 2. The highest BCUT2D eigenvalue weighted by atomic mass is 35.5. The fourth-order valence-corrected chi connectivity index (χ4v) is 4.44. The van der Waals surface area contributed by atoms with Gasteiger partial charge in [0.1, 0.15) is 16.9 Å². The average molecular weight is 437 g/mol. The number of amides is 1. The minimum atomic E-state index is -3.30. The number of benzene rings is 1. The summed E-state index contributed by atoms with van der Waals surface area (Å²) in [5, 5.41) is 0.00876. The molecule has 0 aliphatic carbocycles. The van der Waals surface area contributed by atoms with Gasteiger partial charge in [0.25, 0.3) is 0 Å². The molecule has 2 heterocycles. The Balaban J connectivity index is 1.53. The van der Waals surface area contributed by atoms with Crippen molar-refractivity contribution in [1.82, 2.24) is 9.88 Å². The van der Waals surface area contributed by atoms with Crippen LogP contribution in [0, 0.1) is 0 Å². The quantitative estimate of drug-likeness (QED) is 0.692. The topological polar surface area (TPSA) is 76.6 Å². The normalized spacial score (nSPS) is 15.5. The van der Waals surface area contributed by atoms with Gasteiger partial charge in [-0.15, -0.1) is 0 Å². The summed E-state index contributed by atoms with van der Waals surface area (Å²) in [5.74, 6) is 0.646. The predicted octanol–water partition coefficient (Wildman–Crippen LogP) is 3.53. The number of aromatic nitrogens is 1. The molecule has 1 amide bonds. The first kappa shape index (κ1) is 21.6. The summed E-state index contributed by atoms with van der Waals surface area (Å²) in [7, 11) is -3.30. The van der Waals surface area contributed by atoms with Gasteiger partial charge in [0, 0.05) is 44.4 Å². The molecule has 1 aliphatic heterocycles. The van der Waals surface area contributed by atoms with Crippen LogP contribution >= 0.6 is 11.6 Å². The van der Waals surface area contributed by atoms with Crippen molar-refractivity contribution in [2.75, 3.05) is 13.1 Å². The number of carbonyl (C=O) groups excluding carboxylic acids is 1. The van der Waals surface area contributed by atoms with Gasteiger partial charge >= 0.3 is 0 Å². The number of hydrogen-bond donors (Lipinski definition) is 0. The number of rotatable bonds is 6. The zero-order valence-electron chi connectivity index (χ0n) is 16.5. The van der Waals surface area contributed by atoms with Gasteiger partial charge in [0.2, 0.25) is 5.91 Å². The van der Waals surface area contributed by atoms with Crippen molar-refractivity contribution in [3.05, 3.63) is 53.3 Å². The third-order valence-electron chi connectivity index (χ3n) is 5.05. The molecule has 1 aromatic heterocycles. The minimum absolute atomic E-state index is 0.0134. The Hall–Kier alpha value is -2.12. The summed E-state index contributed by atoms with van der Waals surface area (Å²) in [6.45, 7) is 4.55. The van der Waals surface area contributed by atoms with Gasteiger partial charge in [-0.1, -0.05) is 23.7 Å². The molecule has 8 heteroatoms. The summed E-state index contributed by atoms with van der Waals surface area (Å²) < 4.78 is 30.3. The molecular formula is C21H25ClN2O4S. The maximum Gasteiger partial charge on any atom is 0.226 e. The van der Waals surface area contributed by atoms with E-state index in [9.17, 15) is 13.2 Å². The number of pyridine rings is 1. The van der Waals surface area contributed by atoms with E-state index in [2.05, 4.69) is 4.98 Å². The molecule has 0 N–H and O–H groups in total. The van der Waals surface area contributed by atoms with Crippen LogP contribution in [0.1, 0.15) is 32.3 Å². The van der Waals surface area contributed by atoms with Crippen LogP contribution in [-0.4, -0.2) is 48.7 Å². The number of piperidine rings is 1. The van der Waals surface area contributed by atoms with Crippen molar-refractivity contribution in [2.45, 2.75) is 49.4 Å². The average Bonchev–Trinajstić information content (AvgIpc) is 2.70. The van der Waals surface area contributed by atoms with Gasteiger partial charge < -0.3 is 9.64 Å². The lowest BCUT2D eigenvalue weighted by Gasteiger charge is -2.32. The van der Waals surface area contributed by atoms with Crippen molar-refractivity contribution >= 4 is 27.3 Å². The lowest BCUT2D eigenvalue weighted by atomic mass is 10.1. The van der Waals surface area contributed by atoms with E-state index in [-0.39, 0.29) is 23.3 Å². The Morgan fingerprint density at radius 3 is 2.45 bits per heavy atom. The molecule has 29 heavy (non-hydrogen) atoms. The fourth-order valence-electron chi connectivity index (χ4n) is 3.22. The zero-order valence-corrected chi connectivity index (χ0v) is 18.1. The first-order chi connectivity index (χ1) is 13.8. The van der Waals surface area contributed by atoms with Gasteiger partial charge in [0.15, 0.2) is 9.84 Å². The minimum Gasteiger partial charge on any atom is -0.489 e. The number of carbonyl (C=O) groups is 1. The van der Waals surface area contributed by atoms with Crippen LogP contribution in [0.4, 0.5) is 0 Å². The highest BCUT2D eigenvalue weighted by Gasteiger charge is 2.25. The van der Waals surface area contributed by atoms with Gasteiger partial charge in [-0.05, 0) is 31.5 Å². The third-order valence-corrected chi connectivity index (χ3v) is 7.51. The Morgan fingerprint density at radius 1 is 1.21 bits per heavy atom. The number of likely N-dealkylation sites (tertiary alicyclic amines) is 1. The van der Waals surface area contributed by atoms with E-state index in [1.54, 1.807) is 56.6 Å². The highest BCUT2D eigenvalue weighted by Crippen LogP contribution is 2.26. The summed E-state index contributed by atoms with van der Waals surface area (Å²) in [4.78, 5) is 18.7. The summed E-state index contributed by atoms with van der Waals surface area (Å²) >= 11 is 6.08. The lowest BCUT2D eigenvalue weighted by molar-refractivity contribution is -0.132. The van der Waals surface area contributed by atoms with Crippen LogP contribution in [0.15, 0.2) is 47.6 Å². The number of hydrogen-bond acceptors (Lipinski definition) is 5. The number of ether oxygens (including phenoxy) is 1. The van der Waals surface area contributed by atoms with E-state index >= 15 is 0 Å². The van der Waals surface area contributed by atoms with E-state index in [0.717, 1.165) is 18.4 Å². The molecular weight excluding hydrogens is 412 g/mol. The smallest absolute Gasteiger partial charge is 0.226 e. The summed E-state index contributed by atoms with van der Waals surface area (Å²) in [6.07, 6.45) is 4.92. The van der Waals surface area contributed by atoms with Crippen LogP contribution < -0.4 is 4.74 Å². The second-order valence-electron chi connectivity index (χ2n) is 7.42. The molecule has 1 fully saturated rings. The molecule has 1 saturated heterocycles. The number of sulfone groups is 1. The van der Waals surface area contributed by atoms with Crippen LogP contribution in [0.3, 0.4) is 0 Å². The first-order valence-electron chi connectivity index (χ1n) is 9.64. The molecule has 0 saturated carbocycles. The molecule has 0 radical (unpaired) electrons. The van der Waals surface area contributed by atoms with Crippen LogP contribution in [0.25, 0.3) is 0 Å². The maximum atomic E-state index is 12.6. The van der Waals surface area contributed by atoms with Crippen molar-refractivity contribution in [3.8, 4) is 5.75 Å². The first-order valence-corrected chi connectivity index (χ1v) is 11.6. The van der Waals surface area contributed by atoms with Crippen LogP contribution in [0.5, 0.6) is 5.75 Å². The second kappa shape index (κ2) is 9.13. The maximum absolute atomic E-state index is 12.6. The van der Waals surface area contributed by atoms with E-state index in [0.29, 0.717) is 23.9 Å². The predicted molar refractivity (Wildman–Crippen MR) is 112 cm³/mol. The van der Waals surface area contributed by atoms with Gasteiger partial charge in [-0.25, -0.2) is 8.42 Å². The largest absolute Gasteiger partial charge is 0.489 e. The molecule has 156 valence electrons. The lowest BCUT2D eigenvalue weighted by Crippen LogP contribution is -2.42. The molecule has 3 rings (SSSR count). The van der Waals surface area contributed by atoms with Crippen LogP contribution in [0.2, 0.25) is 5.02 Å². The Morgan fingerprint density at radius 2 is 1.86 bits per heavy atom. The van der Waals surface area contributed by atoms with E-state index in [4.69, 9.17) is 16.3 Å². The monoisotopic (exact) mass is 436 g/mol. The molecule has 2 aromatic rings. The second-order valence-corrected chi connectivity index (χ2v) is 10.3. The van der Waals surface area contributed by atoms with E-state index in [1.165, 1.54) is 0 Å². The molecule has 1 aromatic carbocycles. The van der Waals surface area contributed by atoms with Crippen molar-refractivity contribution in [2.24, 2.45) is 0 Å². The molecule has 0 bridgehead atoms. The molecule has 1 aliphatic rings. The molecule has 0 unspecified atom stereocenters. The van der Waals surface area contributed by atoms with Crippen molar-refractivity contribution in [1.29, 1.82) is 0 Å². The summed E-state index contributed by atoms with van der Waals surface area (Å²) in [6, 6.07) is 8.33. The van der Waals surface area contributed by atoms with E-state index < -0.39 is 15.1 Å². The van der Waals surface area contributed by atoms with E-state index in [1.807, 2.05) is 4.90 Å². The molecule has 0 spiro atoms. The molecule has 6 nitrogen and oxygen atoms in total. The molecule has 0 atom stereocenters. The Bertz CT molecular complexity index is 953. The van der Waals surface area contributed by atoms with Crippen LogP contribution in [-0.2, 0) is 21.1 Å². The third kappa shape index (κ3) is 5.28. The Labute approximate surface area is 176 Å². The number of halogens is 1. The van der Waals surface area contributed by atoms with Gasteiger partial charge in [-0.2, -0.15) is 0 Å². The Kier molecular flexibility index (Phi) is 6.80. The standard InChI is InChI=1S/C21H25ClN2O4S/c1-15(2)29(26,27)18-5-3-16(4-6-18)13-21(25)24-11-8-17(9-12-24)28-20-7-10-23-14-19(20)22/h3-7,10,14-15,17H,8-9,11-13H2,1-2H3. The SMILES string of the molecule is CC(C)S(=O)(=O)c1ccc(CC(=O)N2CCC(Oc3ccncc3Cl)CC2)cc1. The van der Waals surface area contributed by atoms with Gasteiger partial charge in [-0.3, -0.25) is 9.78 Å².